The highest BCUT2D eigenvalue weighted by Crippen LogP contribution is 2.54. The molecule has 1 atom stereocenters. The highest BCUT2D eigenvalue weighted by Gasteiger charge is 2.47. The van der Waals surface area contributed by atoms with E-state index in [0.29, 0.717) is 43.0 Å². The zero-order valence-electron chi connectivity index (χ0n) is 27.7. The molecule has 1 saturated heterocycles. The maximum absolute atomic E-state index is 16.0. The highest BCUT2D eigenvalue weighted by molar-refractivity contribution is 5.71. The Balaban J connectivity index is 1.44. The third-order valence-electron chi connectivity index (χ3n) is 9.62. The summed E-state index contributed by atoms with van der Waals surface area (Å²) < 4.78 is 47.8. The second-order valence-electron chi connectivity index (χ2n) is 13.7. The number of benzene rings is 1. The molecule has 1 aromatic heterocycles. The van der Waals surface area contributed by atoms with Gasteiger partial charge in [-0.1, -0.05) is 69.9 Å². The normalized spacial score (nSPS) is 18.1. The highest BCUT2D eigenvalue weighted by atomic mass is 19.3. The lowest BCUT2D eigenvalue weighted by Gasteiger charge is -2.36. The van der Waals surface area contributed by atoms with Crippen molar-refractivity contribution in [3.05, 3.63) is 70.5 Å². The minimum absolute atomic E-state index is 0.157. The van der Waals surface area contributed by atoms with Crippen LogP contribution in [0.1, 0.15) is 114 Å². The molecule has 0 unspecified atom stereocenters. The number of anilines is 1. The van der Waals surface area contributed by atoms with Crippen LogP contribution in [-0.4, -0.2) is 34.5 Å². The first-order valence-electron chi connectivity index (χ1n) is 16.7. The Bertz CT molecular complexity index is 1400. The maximum atomic E-state index is 16.0. The van der Waals surface area contributed by atoms with Gasteiger partial charge in [0.15, 0.2) is 0 Å². The second kappa shape index (κ2) is 14.9. The van der Waals surface area contributed by atoms with Gasteiger partial charge in [-0.05, 0) is 90.1 Å². The molecule has 2 heterocycles. The Morgan fingerprint density at radius 3 is 2.47 bits per heavy atom. The Labute approximate surface area is 268 Å². The van der Waals surface area contributed by atoms with E-state index >= 15 is 13.2 Å². The van der Waals surface area contributed by atoms with Gasteiger partial charge >= 0.3 is 0 Å². The number of aryl methyl sites for hydroxylation is 1. The number of hydrogen-bond acceptors (Lipinski definition) is 5. The molecule has 0 radical (unpaired) electrons. The van der Waals surface area contributed by atoms with Crippen LogP contribution in [-0.2, 0) is 5.92 Å². The molecule has 45 heavy (non-hydrogen) atoms. The van der Waals surface area contributed by atoms with E-state index < -0.39 is 34.7 Å². The van der Waals surface area contributed by atoms with Crippen LogP contribution in [0.3, 0.4) is 0 Å². The van der Waals surface area contributed by atoms with Crippen LogP contribution in [0, 0.1) is 41.3 Å². The molecule has 1 saturated carbocycles. The Kier molecular flexibility index (Phi) is 11.5. The van der Waals surface area contributed by atoms with Crippen molar-refractivity contribution in [1.82, 2.24) is 14.9 Å². The van der Waals surface area contributed by atoms with E-state index in [9.17, 15) is 5.26 Å². The Hall–Kier alpha value is -3.18. The summed E-state index contributed by atoms with van der Waals surface area (Å²) in [7, 11) is 0. The Morgan fingerprint density at radius 2 is 1.84 bits per heavy atom. The fraction of sp³-hybridized carbons (Fsp3) is 0.595. The standard InChI is InChI=1S/C37H50F3N5/c1-25(2)12-9-7-8-10-19-45-20-15-29(16-21-45)37(39,40)32-14-11-13-30(34(32)38)28(6)44-35-31(27(5)42-24-43-35)22-33(26(3)4)36(23-41)17-18-36/h11,13-14,22,24-25,28-29H,3,7-10,12,15-21H2,1-2,4-6H3,(H,42,43,44)/t28-/m1/s1. The average Bonchev–Trinajstić information content (AvgIpc) is 3.79. The number of alkyl halides is 2. The monoisotopic (exact) mass is 621 g/mol. The van der Waals surface area contributed by atoms with Gasteiger partial charge < -0.3 is 10.2 Å². The molecule has 1 N–H and O–H groups in total. The van der Waals surface area contributed by atoms with Crippen molar-refractivity contribution in [2.24, 2.45) is 17.3 Å². The van der Waals surface area contributed by atoms with Crippen LogP contribution in [0.4, 0.5) is 19.0 Å². The molecule has 2 aromatic rings. The number of halogens is 3. The second-order valence-corrected chi connectivity index (χ2v) is 13.7. The van der Waals surface area contributed by atoms with Crippen molar-refractivity contribution in [3.63, 3.8) is 0 Å². The molecule has 244 valence electrons. The van der Waals surface area contributed by atoms with Gasteiger partial charge in [-0.15, -0.1) is 0 Å². The van der Waals surface area contributed by atoms with E-state index in [1.165, 1.54) is 44.1 Å². The molecule has 1 aliphatic carbocycles. The van der Waals surface area contributed by atoms with E-state index in [1.54, 1.807) is 13.0 Å². The predicted molar refractivity (Wildman–Crippen MR) is 176 cm³/mol. The van der Waals surface area contributed by atoms with Gasteiger partial charge in [-0.3, -0.25) is 0 Å². The SMILES string of the molecule is C=C(C)C(=Cc1c(C)ncnc1N[C@H](C)c1cccc(C(F)(F)C2CCN(CCCCCCC(C)C)CC2)c1F)C1(C#N)CC1. The van der Waals surface area contributed by atoms with Crippen LogP contribution < -0.4 is 5.32 Å². The van der Waals surface area contributed by atoms with Crippen molar-refractivity contribution in [1.29, 1.82) is 5.26 Å². The van der Waals surface area contributed by atoms with Crippen LogP contribution >= 0.6 is 0 Å². The number of likely N-dealkylation sites (tertiary alicyclic amines) is 1. The maximum Gasteiger partial charge on any atom is 0.278 e. The molecule has 2 aliphatic rings. The van der Waals surface area contributed by atoms with Gasteiger partial charge in [-0.2, -0.15) is 5.26 Å². The minimum Gasteiger partial charge on any atom is -0.363 e. The summed E-state index contributed by atoms with van der Waals surface area (Å²) >= 11 is 0. The van der Waals surface area contributed by atoms with Crippen LogP contribution in [0.15, 0.2) is 42.3 Å². The predicted octanol–water partition coefficient (Wildman–Crippen LogP) is 9.77. The summed E-state index contributed by atoms with van der Waals surface area (Å²) in [4.78, 5) is 11.0. The molecule has 5 nitrogen and oxygen atoms in total. The first-order chi connectivity index (χ1) is 21.4. The number of aromatic nitrogens is 2. The lowest BCUT2D eigenvalue weighted by molar-refractivity contribution is -0.0880. The topological polar surface area (TPSA) is 64.8 Å². The first kappa shape index (κ1) is 34.7. The summed E-state index contributed by atoms with van der Waals surface area (Å²) in [6, 6.07) is 6.07. The third kappa shape index (κ3) is 8.35. The number of nitrogens with one attached hydrogen (secondary N) is 1. The van der Waals surface area contributed by atoms with Gasteiger partial charge in [-0.25, -0.2) is 23.1 Å². The van der Waals surface area contributed by atoms with E-state index in [-0.39, 0.29) is 5.56 Å². The van der Waals surface area contributed by atoms with Crippen LogP contribution in [0.2, 0.25) is 0 Å². The van der Waals surface area contributed by atoms with Gasteiger partial charge in [0.05, 0.1) is 28.8 Å². The molecule has 0 spiro atoms. The van der Waals surface area contributed by atoms with Gasteiger partial charge in [0.1, 0.15) is 18.0 Å². The molecular weight excluding hydrogens is 571 g/mol. The average molecular weight is 622 g/mol. The van der Waals surface area contributed by atoms with Gasteiger partial charge in [0.25, 0.3) is 5.92 Å². The number of allylic oxidation sites excluding steroid dienone is 2. The zero-order chi connectivity index (χ0) is 32.8. The van der Waals surface area contributed by atoms with Crippen molar-refractivity contribution < 1.29 is 13.2 Å². The zero-order valence-corrected chi connectivity index (χ0v) is 27.7. The first-order valence-corrected chi connectivity index (χ1v) is 16.7. The number of nitrogens with zero attached hydrogens (tertiary/aromatic N) is 4. The lowest BCUT2D eigenvalue weighted by atomic mass is 9.85. The number of unbranched alkanes of at least 4 members (excludes halogenated alkanes) is 3. The van der Waals surface area contributed by atoms with Crippen molar-refractivity contribution in [3.8, 4) is 6.07 Å². The third-order valence-corrected chi connectivity index (χ3v) is 9.62. The summed E-state index contributed by atoms with van der Waals surface area (Å²) in [6.07, 6.45) is 11.5. The van der Waals surface area contributed by atoms with Crippen LogP contribution in [0.5, 0.6) is 0 Å². The lowest BCUT2D eigenvalue weighted by Crippen LogP contribution is -2.40. The molecular formula is C37H50F3N5. The molecule has 1 aliphatic heterocycles. The van der Waals surface area contributed by atoms with E-state index in [4.69, 9.17) is 0 Å². The largest absolute Gasteiger partial charge is 0.363 e. The molecule has 0 bridgehead atoms. The molecule has 8 heteroatoms. The molecule has 0 amide bonds. The number of rotatable bonds is 15. The van der Waals surface area contributed by atoms with Gasteiger partial charge in [0, 0.05) is 17.0 Å². The summed E-state index contributed by atoms with van der Waals surface area (Å²) in [5.74, 6) is -3.86. The minimum atomic E-state index is -3.27. The smallest absolute Gasteiger partial charge is 0.278 e. The molecule has 2 fully saturated rings. The van der Waals surface area contributed by atoms with Crippen molar-refractivity contribution >= 4 is 11.9 Å². The number of hydrogen-bond donors (Lipinski definition) is 1. The molecule has 4 rings (SSSR count). The summed E-state index contributed by atoms with van der Waals surface area (Å²) in [5, 5.41) is 13.1. The van der Waals surface area contributed by atoms with E-state index in [2.05, 4.69) is 46.7 Å². The summed E-state index contributed by atoms with van der Waals surface area (Å²) in [5.41, 5.74) is 2.04. The Morgan fingerprint density at radius 1 is 1.16 bits per heavy atom. The van der Waals surface area contributed by atoms with Crippen molar-refractivity contribution in [2.75, 3.05) is 25.0 Å². The van der Waals surface area contributed by atoms with E-state index in [1.807, 2.05) is 19.9 Å². The van der Waals surface area contributed by atoms with Gasteiger partial charge in [0.2, 0.25) is 0 Å². The fourth-order valence-corrected chi connectivity index (χ4v) is 6.56. The quantitative estimate of drug-likeness (QED) is 0.158. The van der Waals surface area contributed by atoms with E-state index in [0.717, 1.165) is 42.9 Å². The summed E-state index contributed by atoms with van der Waals surface area (Å²) in [6.45, 7) is 16.2. The fourth-order valence-electron chi connectivity index (χ4n) is 6.56. The number of nitriles is 1. The molecule has 1 aromatic carbocycles. The van der Waals surface area contributed by atoms with Crippen molar-refractivity contribution in [2.45, 2.75) is 104 Å². The number of piperidine rings is 1. The van der Waals surface area contributed by atoms with Crippen LogP contribution in [0.25, 0.3) is 6.08 Å².